The van der Waals surface area contributed by atoms with Crippen LogP contribution in [-0.4, -0.2) is 14.9 Å². The number of nitrogens with zero attached hydrogens (tertiary/aromatic N) is 3. The molecule has 56 valence electrons. The molecule has 0 saturated carbocycles. The lowest BCUT2D eigenvalue weighted by Crippen LogP contribution is -2.06. The van der Waals surface area contributed by atoms with Crippen LogP contribution in [0.3, 0.4) is 0 Å². The van der Waals surface area contributed by atoms with Crippen molar-refractivity contribution in [2.24, 2.45) is 0 Å². The van der Waals surface area contributed by atoms with Crippen molar-refractivity contribution < 1.29 is 0 Å². The van der Waals surface area contributed by atoms with E-state index in [1.807, 2.05) is 6.20 Å². The first-order valence-corrected chi connectivity index (χ1v) is 3.55. The van der Waals surface area contributed by atoms with Gasteiger partial charge in [0.1, 0.15) is 0 Å². The molecule has 0 radical (unpaired) electrons. The van der Waals surface area contributed by atoms with Crippen LogP contribution in [0.5, 0.6) is 0 Å². The lowest BCUT2D eigenvalue weighted by atomic mass is 10.4. The van der Waals surface area contributed by atoms with Crippen molar-refractivity contribution in [1.29, 1.82) is 0 Å². The summed E-state index contributed by atoms with van der Waals surface area (Å²) >= 11 is 0. The number of hydrogen-bond donors (Lipinski definition) is 0. The van der Waals surface area contributed by atoms with Crippen LogP contribution < -0.4 is 0 Å². The highest BCUT2D eigenvalue weighted by Gasteiger charge is 2.16. The van der Waals surface area contributed by atoms with E-state index < -0.39 is 0 Å². The molecule has 0 unspecified atom stereocenters. The molecular weight excluding hydrogens is 138 g/mol. The first-order chi connectivity index (χ1) is 5.40. The highest BCUT2D eigenvalue weighted by atomic mass is 15.2. The molecule has 0 aliphatic carbocycles. The second-order valence-electron chi connectivity index (χ2n) is 2.54. The van der Waals surface area contributed by atoms with E-state index in [0.29, 0.717) is 0 Å². The van der Waals surface area contributed by atoms with E-state index in [9.17, 15) is 0 Å². The van der Waals surface area contributed by atoms with Crippen molar-refractivity contribution in [2.45, 2.75) is 13.1 Å². The Kier molecular flexibility index (Phi) is 1.35. The Labute approximate surface area is 65.4 Å². The van der Waals surface area contributed by atoms with Gasteiger partial charge in [-0.05, 0) is 6.20 Å². The maximum atomic E-state index is 4.21. The van der Waals surface area contributed by atoms with Crippen LogP contribution in [-0.2, 0) is 13.1 Å². The topological polar surface area (TPSA) is 29.0 Å². The van der Waals surface area contributed by atoms with Crippen molar-refractivity contribution in [3.8, 4) is 0 Å². The summed E-state index contributed by atoms with van der Waals surface area (Å²) in [6, 6.07) is 0. The van der Waals surface area contributed by atoms with Crippen molar-refractivity contribution >= 4 is 0 Å². The average Bonchev–Trinajstić information content (AvgIpc) is 2.46. The second kappa shape index (κ2) is 2.34. The fourth-order valence-electron chi connectivity index (χ4n) is 1.23. The molecule has 2 heterocycles. The number of hydrogen-bond acceptors (Lipinski definition) is 3. The summed E-state index contributed by atoms with van der Waals surface area (Å²) in [4.78, 5) is 10.5. The van der Waals surface area contributed by atoms with Crippen molar-refractivity contribution in [3.05, 3.63) is 36.6 Å². The number of rotatable bonds is 1. The maximum Gasteiger partial charge on any atom is 0.0830 e. The molecule has 2 rings (SSSR count). The fraction of sp³-hybridized carbons (Fsp3) is 0.250. The first-order valence-electron chi connectivity index (χ1n) is 3.55. The molecule has 0 atom stereocenters. The molecule has 0 fully saturated rings. The summed E-state index contributed by atoms with van der Waals surface area (Å²) in [6.07, 6.45) is 5.28. The minimum absolute atomic E-state index is 0.854. The Morgan fingerprint density at radius 3 is 2.27 bits per heavy atom. The zero-order chi connectivity index (χ0) is 7.68. The largest absolute Gasteiger partial charge is 0.366 e. The van der Waals surface area contributed by atoms with Crippen molar-refractivity contribution in [2.75, 3.05) is 0 Å². The van der Waals surface area contributed by atoms with Crippen molar-refractivity contribution in [1.82, 2.24) is 14.9 Å². The molecule has 3 heteroatoms. The van der Waals surface area contributed by atoms with Gasteiger partial charge in [0, 0.05) is 12.4 Å². The Morgan fingerprint density at radius 1 is 1.27 bits per heavy atom. The third-order valence-corrected chi connectivity index (χ3v) is 1.82. The van der Waals surface area contributed by atoms with Gasteiger partial charge in [-0.3, -0.25) is 9.97 Å². The Bertz CT molecular complexity index is 257. The smallest absolute Gasteiger partial charge is 0.0830 e. The molecule has 11 heavy (non-hydrogen) atoms. The summed E-state index contributed by atoms with van der Waals surface area (Å²) in [6.45, 7) is 5.40. The molecule has 0 aromatic carbocycles. The van der Waals surface area contributed by atoms with Gasteiger partial charge in [0.2, 0.25) is 0 Å². The molecule has 0 spiro atoms. The molecule has 1 aliphatic heterocycles. The van der Waals surface area contributed by atoms with E-state index in [4.69, 9.17) is 0 Å². The molecule has 1 aromatic rings. The highest BCUT2D eigenvalue weighted by molar-refractivity contribution is 5.16. The van der Waals surface area contributed by atoms with E-state index >= 15 is 0 Å². The predicted molar refractivity (Wildman–Crippen MR) is 41.5 cm³/mol. The van der Waals surface area contributed by atoms with Crippen LogP contribution in [0.2, 0.25) is 0 Å². The summed E-state index contributed by atoms with van der Waals surface area (Å²) in [5.41, 5.74) is 2.15. The third kappa shape index (κ3) is 0.981. The summed E-state index contributed by atoms with van der Waals surface area (Å²) in [5, 5.41) is 0. The summed E-state index contributed by atoms with van der Waals surface area (Å²) in [7, 11) is 0. The molecule has 1 aliphatic rings. The van der Waals surface area contributed by atoms with E-state index in [1.54, 1.807) is 12.4 Å². The zero-order valence-electron chi connectivity index (χ0n) is 6.20. The van der Waals surface area contributed by atoms with Gasteiger partial charge in [0.05, 0.1) is 24.5 Å². The molecule has 0 amide bonds. The lowest BCUT2D eigenvalue weighted by Gasteiger charge is -2.07. The minimum atomic E-state index is 0.854. The van der Waals surface area contributed by atoms with Gasteiger partial charge in [-0.1, -0.05) is 6.58 Å². The normalized spacial score (nSPS) is 14.7. The Morgan fingerprint density at radius 2 is 1.82 bits per heavy atom. The second-order valence-corrected chi connectivity index (χ2v) is 2.54. The van der Waals surface area contributed by atoms with Crippen molar-refractivity contribution in [3.63, 3.8) is 0 Å². The standard InChI is InChI=1S/C8H9N3/c1-2-11-5-7-8(6-11)10-4-3-9-7/h2-4H,1,5-6H2. The monoisotopic (exact) mass is 147 g/mol. The van der Waals surface area contributed by atoms with E-state index in [2.05, 4.69) is 21.4 Å². The van der Waals surface area contributed by atoms with Crippen LogP contribution in [0.25, 0.3) is 0 Å². The SMILES string of the molecule is C=CN1Cc2nccnc2C1. The Balaban J connectivity index is 2.33. The Hall–Kier alpha value is -1.38. The molecular formula is C8H9N3. The third-order valence-electron chi connectivity index (χ3n) is 1.82. The van der Waals surface area contributed by atoms with Gasteiger partial charge < -0.3 is 4.90 Å². The van der Waals surface area contributed by atoms with Gasteiger partial charge in [0.15, 0.2) is 0 Å². The highest BCUT2D eigenvalue weighted by Crippen LogP contribution is 2.17. The number of fused-ring (bicyclic) bond motifs is 1. The van der Waals surface area contributed by atoms with Gasteiger partial charge in [-0.15, -0.1) is 0 Å². The van der Waals surface area contributed by atoms with Crippen LogP contribution in [0.4, 0.5) is 0 Å². The quantitative estimate of drug-likeness (QED) is 0.592. The molecule has 0 saturated heterocycles. The molecule has 1 aromatic heterocycles. The average molecular weight is 147 g/mol. The van der Waals surface area contributed by atoms with Gasteiger partial charge in [-0.25, -0.2) is 0 Å². The number of aromatic nitrogens is 2. The van der Waals surface area contributed by atoms with E-state index in [1.165, 1.54) is 0 Å². The lowest BCUT2D eigenvalue weighted by molar-refractivity contribution is 0.396. The molecule has 3 nitrogen and oxygen atoms in total. The van der Waals surface area contributed by atoms with E-state index in [0.717, 1.165) is 24.5 Å². The van der Waals surface area contributed by atoms with Crippen LogP contribution >= 0.6 is 0 Å². The van der Waals surface area contributed by atoms with Crippen LogP contribution in [0, 0.1) is 0 Å². The molecule has 0 N–H and O–H groups in total. The molecule has 0 bridgehead atoms. The fourth-order valence-corrected chi connectivity index (χ4v) is 1.23. The summed E-state index contributed by atoms with van der Waals surface area (Å²) < 4.78 is 0. The van der Waals surface area contributed by atoms with Gasteiger partial charge >= 0.3 is 0 Å². The van der Waals surface area contributed by atoms with Crippen LogP contribution in [0.1, 0.15) is 11.4 Å². The first kappa shape index (κ1) is 6.34. The maximum absolute atomic E-state index is 4.21. The zero-order valence-corrected chi connectivity index (χ0v) is 6.20. The predicted octanol–water partition coefficient (Wildman–Crippen LogP) is 0.936. The van der Waals surface area contributed by atoms with Gasteiger partial charge in [0.25, 0.3) is 0 Å². The minimum Gasteiger partial charge on any atom is -0.366 e. The van der Waals surface area contributed by atoms with Gasteiger partial charge in [-0.2, -0.15) is 0 Å². The van der Waals surface area contributed by atoms with E-state index in [-0.39, 0.29) is 0 Å². The van der Waals surface area contributed by atoms with Crippen LogP contribution in [0.15, 0.2) is 25.2 Å². The summed E-state index contributed by atoms with van der Waals surface area (Å²) in [5.74, 6) is 0.